The number of hydrogen-bond acceptors (Lipinski definition) is 3. The first-order chi connectivity index (χ1) is 13.0. The van der Waals surface area contributed by atoms with Crippen molar-refractivity contribution in [2.45, 2.75) is 16.9 Å². The molecule has 0 aliphatic carbocycles. The predicted molar refractivity (Wildman–Crippen MR) is 104 cm³/mol. The van der Waals surface area contributed by atoms with Gasteiger partial charge in [-0.15, -0.1) is 0 Å². The van der Waals surface area contributed by atoms with Crippen LogP contribution >= 0.6 is 23.2 Å². The Morgan fingerprint density at radius 1 is 1.19 bits per heavy atom. The van der Waals surface area contributed by atoms with Gasteiger partial charge in [-0.2, -0.15) is 0 Å². The number of imidazole rings is 1. The molecular weight excluding hydrogens is 498 g/mol. The summed E-state index contributed by atoms with van der Waals surface area (Å²) in [6.07, 6.45) is 0.912. The van der Waals surface area contributed by atoms with Crippen LogP contribution in [-0.4, -0.2) is 26.4 Å². The summed E-state index contributed by atoms with van der Waals surface area (Å²) in [6.45, 7) is 1.56. The number of aryl methyl sites for hydroxylation is 1. The van der Waals surface area contributed by atoms with Crippen LogP contribution in [0.2, 0.25) is 10.0 Å². The van der Waals surface area contributed by atoms with E-state index in [-0.39, 0.29) is 0 Å². The molecule has 1 unspecified atom stereocenters. The quantitative estimate of drug-likeness (QED) is 0.422. The number of nitrogens with zero attached hydrogens (tertiary/aromatic N) is 3. The number of benzene rings is 2. The van der Waals surface area contributed by atoms with Crippen LogP contribution in [0, 0.1) is 0 Å². The SMILES string of the molecule is NC(=O)c1ccc(Cl)c2nc3n(c12)CCCN3c1ccc(C2C[I-]2)cc1Cl. The van der Waals surface area contributed by atoms with Gasteiger partial charge in [0.05, 0.1) is 0 Å². The van der Waals surface area contributed by atoms with E-state index < -0.39 is 5.91 Å². The molecule has 2 N–H and O–H groups in total. The Kier molecular flexibility index (Phi) is 4.25. The summed E-state index contributed by atoms with van der Waals surface area (Å²) in [5.74, 6) is 0.270. The van der Waals surface area contributed by atoms with Crippen molar-refractivity contribution in [1.29, 1.82) is 0 Å². The molecule has 3 aromatic rings. The van der Waals surface area contributed by atoms with Crippen LogP contribution in [0.4, 0.5) is 11.6 Å². The van der Waals surface area contributed by atoms with Crippen molar-refractivity contribution in [1.82, 2.24) is 9.55 Å². The molecule has 1 aromatic heterocycles. The second kappa shape index (κ2) is 6.53. The number of aromatic nitrogens is 2. The fourth-order valence-electron chi connectivity index (χ4n) is 3.69. The number of carbonyl (C=O) groups excluding carboxylic acids is 1. The second-order valence-electron chi connectivity index (χ2n) is 6.71. The van der Waals surface area contributed by atoms with Gasteiger partial charge >= 0.3 is 177 Å². The summed E-state index contributed by atoms with van der Waals surface area (Å²) in [5, 5.41) is 1.25. The molecule has 5 nitrogen and oxygen atoms in total. The second-order valence-corrected chi connectivity index (χ2v) is 10.8. The van der Waals surface area contributed by atoms with Crippen molar-refractivity contribution in [3.8, 4) is 0 Å². The van der Waals surface area contributed by atoms with Crippen LogP contribution in [0.25, 0.3) is 11.0 Å². The molecule has 2 aliphatic rings. The topological polar surface area (TPSA) is 64.2 Å². The Morgan fingerprint density at radius 3 is 2.70 bits per heavy atom. The Labute approximate surface area is 176 Å². The Hall–Kier alpha value is -1.51. The van der Waals surface area contributed by atoms with Gasteiger partial charge in [0, 0.05) is 0 Å². The number of alkyl halides is 2. The maximum atomic E-state index is 11.9. The first kappa shape index (κ1) is 17.6. The molecule has 5 rings (SSSR count). The van der Waals surface area contributed by atoms with Crippen LogP contribution in [0.1, 0.15) is 26.3 Å². The molecule has 1 atom stereocenters. The summed E-state index contributed by atoms with van der Waals surface area (Å²) < 4.78 is 4.14. The number of carbonyl (C=O) groups is 1. The molecule has 0 bridgehead atoms. The van der Waals surface area contributed by atoms with Crippen molar-refractivity contribution in [3.63, 3.8) is 0 Å². The molecule has 1 fully saturated rings. The van der Waals surface area contributed by atoms with Gasteiger partial charge in [-0.25, -0.2) is 0 Å². The Bertz CT molecular complexity index is 1090. The first-order valence-electron chi connectivity index (χ1n) is 8.68. The summed E-state index contributed by atoms with van der Waals surface area (Å²) >= 11 is 13.4. The van der Waals surface area contributed by atoms with Crippen molar-refractivity contribution < 1.29 is 26.0 Å². The van der Waals surface area contributed by atoms with Crippen molar-refractivity contribution in [2.75, 3.05) is 15.9 Å². The zero-order chi connectivity index (χ0) is 18.7. The van der Waals surface area contributed by atoms with Gasteiger partial charge in [-0.3, -0.25) is 0 Å². The fraction of sp³-hybridized carbons (Fsp3) is 0.263. The number of nitrogens with two attached hydrogens (primary N) is 1. The van der Waals surface area contributed by atoms with E-state index in [0.29, 0.717) is 42.8 Å². The molecule has 27 heavy (non-hydrogen) atoms. The van der Waals surface area contributed by atoms with Gasteiger partial charge in [-0.05, 0) is 0 Å². The van der Waals surface area contributed by atoms with Gasteiger partial charge < -0.3 is 0 Å². The zero-order valence-corrected chi connectivity index (χ0v) is 17.9. The van der Waals surface area contributed by atoms with E-state index in [9.17, 15) is 4.79 Å². The molecule has 1 saturated heterocycles. The predicted octanol–water partition coefficient (Wildman–Crippen LogP) is 1.13. The fourth-order valence-corrected chi connectivity index (χ4v) is 5.83. The number of amides is 1. The van der Waals surface area contributed by atoms with E-state index in [1.165, 1.54) is 9.99 Å². The van der Waals surface area contributed by atoms with Gasteiger partial charge in [0.2, 0.25) is 0 Å². The molecule has 2 aromatic carbocycles. The summed E-state index contributed by atoms with van der Waals surface area (Å²) in [7, 11) is 0. The summed E-state index contributed by atoms with van der Waals surface area (Å²) in [5.41, 5.74) is 9.61. The normalized spacial score (nSPS) is 18.9. The van der Waals surface area contributed by atoms with Crippen molar-refractivity contribution >= 4 is 51.8 Å². The number of rotatable bonds is 3. The minimum atomic E-state index is -0.480. The molecule has 1 amide bonds. The first-order valence-corrected chi connectivity index (χ1v) is 12.2. The third-order valence-electron chi connectivity index (χ3n) is 5.03. The molecule has 8 heteroatoms. The van der Waals surface area contributed by atoms with Crippen molar-refractivity contribution in [2.24, 2.45) is 5.73 Å². The molecule has 2 aliphatic heterocycles. The Morgan fingerprint density at radius 2 is 2.00 bits per heavy atom. The summed E-state index contributed by atoms with van der Waals surface area (Å²) in [6, 6.07) is 9.71. The standard InChI is InChI=1S/C19H16Cl2IN4O/c20-12-4-3-11(18(23)27)17-16(12)24-19-25(6-1-7-26(17)19)15-5-2-10(8-13(15)21)14-9-22-14/h2-5,8,14H,1,6-7,9H2,(H2,23,27)/q-1. The van der Waals surface area contributed by atoms with Crippen molar-refractivity contribution in [3.05, 3.63) is 51.5 Å². The van der Waals surface area contributed by atoms with E-state index in [1.807, 2.05) is 4.57 Å². The molecule has 3 heterocycles. The van der Waals surface area contributed by atoms with E-state index in [4.69, 9.17) is 33.9 Å². The van der Waals surface area contributed by atoms with Gasteiger partial charge in [-0.1, -0.05) is 0 Å². The third kappa shape index (κ3) is 2.89. The van der Waals surface area contributed by atoms with E-state index in [1.54, 1.807) is 12.1 Å². The number of primary amides is 1. The molecule has 0 saturated carbocycles. The maximum absolute atomic E-state index is 11.9. The van der Waals surface area contributed by atoms with Gasteiger partial charge in [0.15, 0.2) is 0 Å². The van der Waals surface area contributed by atoms with E-state index >= 15 is 0 Å². The van der Waals surface area contributed by atoms with Gasteiger partial charge in [0.1, 0.15) is 0 Å². The molecule has 0 spiro atoms. The van der Waals surface area contributed by atoms with E-state index in [2.05, 4.69) is 23.1 Å². The Balaban J connectivity index is 1.68. The average molecular weight is 514 g/mol. The summed E-state index contributed by atoms with van der Waals surface area (Å²) in [4.78, 5) is 18.8. The monoisotopic (exact) mass is 513 g/mol. The van der Waals surface area contributed by atoms with Crippen LogP contribution in [-0.2, 0) is 6.54 Å². The molecule has 0 radical (unpaired) electrons. The minimum absolute atomic E-state index is 0.339. The van der Waals surface area contributed by atoms with Crippen LogP contribution in [0.5, 0.6) is 0 Å². The van der Waals surface area contributed by atoms with Crippen LogP contribution in [0.3, 0.4) is 0 Å². The number of halogens is 3. The molecule has 140 valence electrons. The number of fused-ring (bicyclic) bond motifs is 3. The number of anilines is 2. The van der Waals surface area contributed by atoms with Crippen LogP contribution < -0.4 is 31.8 Å². The van der Waals surface area contributed by atoms with Crippen LogP contribution in [0.15, 0.2) is 30.3 Å². The molecular formula is C19H16Cl2IN4O-. The van der Waals surface area contributed by atoms with Gasteiger partial charge in [0.25, 0.3) is 0 Å². The zero-order valence-electron chi connectivity index (χ0n) is 14.3. The third-order valence-corrected chi connectivity index (χ3v) is 8.12. The number of hydrogen-bond donors (Lipinski definition) is 1. The van der Waals surface area contributed by atoms with E-state index in [0.717, 1.165) is 40.1 Å². The average Bonchev–Trinajstić information content (AvgIpc) is 3.42.